The molecule has 4 rings (SSSR count). The van der Waals surface area contributed by atoms with E-state index in [0.717, 1.165) is 0 Å². The molecule has 0 nitrogen and oxygen atoms in total. The maximum atomic E-state index is 2.40. The molecule has 0 unspecified atom stereocenters. The van der Waals surface area contributed by atoms with Crippen molar-refractivity contribution >= 4 is 37.6 Å². The Hall–Kier alpha value is -1.60. The molecular formula is C16H12S. The summed E-state index contributed by atoms with van der Waals surface area (Å²) in [5.41, 5.74) is 2.92. The van der Waals surface area contributed by atoms with Gasteiger partial charge in [-0.15, -0.1) is 11.3 Å². The van der Waals surface area contributed by atoms with E-state index in [0.29, 0.717) is 0 Å². The fourth-order valence-electron chi connectivity index (χ4n) is 2.65. The van der Waals surface area contributed by atoms with Gasteiger partial charge in [-0.05, 0) is 42.2 Å². The standard InChI is InChI=1S/C16H12S/c1-2-6-12-10-16-14(9-11(12)5-1)13-7-3-4-8-15(13)17-16/h2-4,6-10H,1,5H2. The summed E-state index contributed by atoms with van der Waals surface area (Å²) < 4.78 is 2.81. The van der Waals surface area contributed by atoms with Crippen LogP contribution >= 0.6 is 11.3 Å². The van der Waals surface area contributed by atoms with Gasteiger partial charge in [0.05, 0.1) is 0 Å². The van der Waals surface area contributed by atoms with E-state index >= 15 is 0 Å². The predicted molar refractivity (Wildman–Crippen MR) is 76.7 cm³/mol. The number of aryl methyl sites for hydroxylation is 1. The fourth-order valence-corrected chi connectivity index (χ4v) is 3.79. The predicted octanol–water partition coefficient (Wildman–Crippen LogP) is 5.01. The molecule has 3 aromatic rings. The summed E-state index contributed by atoms with van der Waals surface area (Å²) in [6.07, 6.45) is 6.91. The van der Waals surface area contributed by atoms with E-state index in [4.69, 9.17) is 0 Å². The minimum absolute atomic E-state index is 1.18. The van der Waals surface area contributed by atoms with E-state index in [-0.39, 0.29) is 0 Å². The van der Waals surface area contributed by atoms with Crippen molar-refractivity contribution in [2.75, 3.05) is 0 Å². The van der Waals surface area contributed by atoms with Crippen LogP contribution in [0.2, 0.25) is 0 Å². The summed E-state index contributed by atoms with van der Waals surface area (Å²) in [5, 5.41) is 2.84. The zero-order valence-electron chi connectivity index (χ0n) is 9.44. The Balaban J connectivity index is 2.16. The zero-order chi connectivity index (χ0) is 11.2. The van der Waals surface area contributed by atoms with Crippen LogP contribution in [0.4, 0.5) is 0 Å². The first kappa shape index (κ1) is 9.43. The molecule has 0 radical (unpaired) electrons. The number of hydrogen-bond donors (Lipinski definition) is 0. The van der Waals surface area contributed by atoms with E-state index < -0.39 is 0 Å². The molecule has 1 heterocycles. The molecule has 0 saturated carbocycles. The SMILES string of the molecule is C1=Cc2cc3sc4ccccc4c3cc2CC1. The third kappa shape index (κ3) is 1.36. The van der Waals surface area contributed by atoms with Gasteiger partial charge in [-0.3, -0.25) is 0 Å². The number of rotatable bonds is 0. The van der Waals surface area contributed by atoms with Gasteiger partial charge in [0.15, 0.2) is 0 Å². The molecular weight excluding hydrogens is 224 g/mol. The van der Waals surface area contributed by atoms with Gasteiger partial charge in [0.1, 0.15) is 0 Å². The molecule has 0 atom stereocenters. The normalized spacial score (nSPS) is 14.4. The number of benzene rings is 2. The molecule has 17 heavy (non-hydrogen) atoms. The first-order valence-electron chi connectivity index (χ1n) is 6.02. The Kier molecular flexibility index (Phi) is 1.91. The molecule has 0 fully saturated rings. The quantitative estimate of drug-likeness (QED) is 0.514. The number of hydrogen-bond acceptors (Lipinski definition) is 1. The largest absolute Gasteiger partial charge is 0.135 e. The van der Waals surface area contributed by atoms with Crippen molar-refractivity contribution < 1.29 is 0 Å². The second-order valence-corrected chi connectivity index (χ2v) is 5.67. The number of fused-ring (bicyclic) bond motifs is 4. The van der Waals surface area contributed by atoms with Crippen molar-refractivity contribution in [2.24, 2.45) is 0 Å². The lowest BCUT2D eigenvalue weighted by Crippen LogP contribution is -1.92. The highest BCUT2D eigenvalue weighted by atomic mass is 32.1. The summed E-state index contributed by atoms with van der Waals surface area (Å²) >= 11 is 1.90. The first-order chi connectivity index (χ1) is 8.42. The molecule has 0 aliphatic heterocycles. The molecule has 1 aliphatic carbocycles. The molecule has 1 heteroatoms. The van der Waals surface area contributed by atoms with E-state index in [9.17, 15) is 0 Å². The molecule has 2 aromatic carbocycles. The minimum Gasteiger partial charge on any atom is -0.135 e. The summed E-state index contributed by atoms with van der Waals surface area (Å²) in [7, 11) is 0. The van der Waals surface area contributed by atoms with Gasteiger partial charge in [0.2, 0.25) is 0 Å². The van der Waals surface area contributed by atoms with Crippen LogP contribution in [0, 0.1) is 0 Å². The van der Waals surface area contributed by atoms with Crippen molar-refractivity contribution in [2.45, 2.75) is 12.8 Å². The van der Waals surface area contributed by atoms with E-state index in [1.54, 1.807) is 0 Å². The van der Waals surface area contributed by atoms with Crippen LogP contribution in [0.15, 0.2) is 42.5 Å². The van der Waals surface area contributed by atoms with Gasteiger partial charge >= 0.3 is 0 Å². The summed E-state index contributed by atoms with van der Waals surface area (Å²) in [4.78, 5) is 0. The second kappa shape index (κ2) is 3.44. The number of thiophene rings is 1. The lowest BCUT2D eigenvalue weighted by molar-refractivity contribution is 0.989. The van der Waals surface area contributed by atoms with Gasteiger partial charge < -0.3 is 0 Å². The van der Waals surface area contributed by atoms with E-state index in [1.807, 2.05) is 11.3 Å². The molecule has 1 aliphatic rings. The Morgan fingerprint density at radius 3 is 2.88 bits per heavy atom. The van der Waals surface area contributed by atoms with Gasteiger partial charge in [0, 0.05) is 20.2 Å². The van der Waals surface area contributed by atoms with Gasteiger partial charge in [-0.2, -0.15) is 0 Å². The Morgan fingerprint density at radius 1 is 0.941 bits per heavy atom. The molecule has 1 aromatic heterocycles. The molecule has 0 amide bonds. The van der Waals surface area contributed by atoms with Crippen molar-refractivity contribution in [1.82, 2.24) is 0 Å². The van der Waals surface area contributed by atoms with Crippen LogP contribution in [0.5, 0.6) is 0 Å². The van der Waals surface area contributed by atoms with Crippen LogP contribution in [0.1, 0.15) is 17.5 Å². The van der Waals surface area contributed by atoms with Crippen LogP contribution in [0.3, 0.4) is 0 Å². The topological polar surface area (TPSA) is 0 Å². The number of allylic oxidation sites excluding steroid dienone is 1. The molecule has 0 saturated heterocycles. The average Bonchev–Trinajstić information content (AvgIpc) is 2.73. The monoisotopic (exact) mass is 236 g/mol. The van der Waals surface area contributed by atoms with Gasteiger partial charge in [0.25, 0.3) is 0 Å². The van der Waals surface area contributed by atoms with Gasteiger partial charge in [-0.1, -0.05) is 30.4 Å². The lowest BCUT2D eigenvalue weighted by Gasteiger charge is -2.10. The molecule has 0 spiro atoms. The minimum atomic E-state index is 1.18. The third-order valence-corrected chi connectivity index (χ3v) is 4.65. The van der Waals surface area contributed by atoms with E-state index in [1.165, 1.54) is 44.1 Å². The van der Waals surface area contributed by atoms with Crippen LogP contribution < -0.4 is 0 Å². The van der Waals surface area contributed by atoms with E-state index in [2.05, 4.69) is 48.6 Å². The summed E-state index contributed by atoms with van der Waals surface area (Å²) in [6.45, 7) is 0. The maximum absolute atomic E-state index is 2.40. The highest BCUT2D eigenvalue weighted by Gasteiger charge is 2.10. The summed E-state index contributed by atoms with van der Waals surface area (Å²) in [5.74, 6) is 0. The average molecular weight is 236 g/mol. The first-order valence-corrected chi connectivity index (χ1v) is 6.84. The molecule has 82 valence electrons. The Labute approximate surface area is 104 Å². The highest BCUT2D eigenvalue weighted by molar-refractivity contribution is 7.25. The van der Waals surface area contributed by atoms with Gasteiger partial charge in [-0.25, -0.2) is 0 Å². The second-order valence-electron chi connectivity index (χ2n) is 4.59. The van der Waals surface area contributed by atoms with Crippen molar-refractivity contribution in [3.8, 4) is 0 Å². The lowest BCUT2D eigenvalue weighted by atomic mass is 9.95. The Morgan fingerprint density at radius 2 is 1.88 bits per heavy atom. The highest BCUT2D eigenvalue weighted by Crippen LogP contribution is 2.36. The Bertz CT molecular complexity index is 747. The van der Waals surface area contributed by atoms with Crippen molar-refractivity contribution in [3.63, 3.8) is 0 Å². The van der Waals surface area contributed by atoms with Crippen LogP contribution in [0.25, 0.3) is 26.2 Å². The zero-order valence-corrected chi connectivity index (χ0v) is 10.3. The van der Waals surface area contributed by atoms with Crippen molar-refractivity contribution in [1.29, 1.82) is 0 Å². The molecule has 0 bridgehead atoms. The van der Waals surface area contributed by atoms with Crippen LogP contribution in [-0.4, -0.2) is 0 Å². The van der Waals surface area contributed by atoms with Crippen LogP contribution in [-0.2, 0) is 6.42 Å². The maximum Gasteiger partial charge on any atom is 0.0361 e. The van der Waals surface area contributed by atoms with Crippen molar-refractivity contribution in [3.05, 3.63) is 53.6 Å². The third-order valence-electron chi connectivity index (χ3n) is 3.52. The fraction of sp³-hybridized carbons (Fsp3) is 0.125. The molecule has 0 N–H and O–H groups in total. The smallest absolute Gasteiger partial charge is 0.0361 e. The summed E-state index contributed by atoms with van der Waals surface area (Å²) in [6, 6.07) is 13.5.